The zero-order chi connectivity index (χ0) is 18.1. The largest absolute Gasteiger partial charge is 0.459 e. The molecule has 6 heteroatoms. The van der Waals surface area contributed by atoms with Gasteiger partial charge in [0, 0.05) is 26.8 Å². The van der Waals surface area contributed by atoms with E-state index in [2.05, 4.69) is 15.6 Å². The molecule has 1 saturated carbocycles. The summed E-state index contributed by atoms with van der Waals surface area (Å²) in [6.45, 7) is 10.2. The molecule has 0 spiro atoms. The first-order valence-electron chi connectivity index (χ1n) is 9.04. The lowest BCUT2D eigenvalue weighted by Gasteiger charge is -2.30. The summed E-state index contributed by atoms with van der Waals surface area (Å²) in [5.41, 5.74) is -0.193. The second kappa shape index (κ2) is 9.87. The molecule has 0 radical (unpaired) electrons. The number of nitrogens with zero attached hydrogens (tertiary/aromatic N) is 1. The van der Waals surface area contributed by atoms with E-state index in [1.807, 2.05) is 27.7 Å². The van der Waals surface area contributed by atoms with Crippen molar-refractivity contribution in [1.29, 1.82) is 0 Å². The van der Waals surface area contributed by atoms with E-state index in [9.17, 15) is 4.79 Å². The second-order valence-corrected chi connectivity index (χ2v) is 7.52. The number of hydrogen-bond acceptors (Lipinski definition) is 4. The van der Waals surface area contributed by atoms with Gasteiger partial charge in [0.1, 0.15) is 12.1 Å². The fourth-order valence-corrected chi connectivity index (χ4v) is 3.10. The van der Waals surface area contributed by atoms with Crippen molar-refractivity contribution in [2.75, 3.05) is 33.4 Å². The fraction of sp³-hybridized carbons (Fsp3) is 0.889. The Morgan fingerprint density at radius 1 is 1.21 bits per heavy atom. The number of hydrogen-bond donors (Lipinski definition) is 2. The molecule has 0 unspecified atom stereocenters. The van der Waals surface area contributed by atoms with E-state index in [1.165, 1.54) is 25.7 Å². The van der Waals surface area contributed by atoms with Crippen LogP contribution in [0.5, 0.6) is 0 Å². The van der Waals surface area contributed by atoms with Crippen LogP contribution in [0, 0.1) is 5.41 Å². The van der Waals surface area contributed by atoms with E-state index < -0.39 is 5.60 Å². The second-order valence-electron chi connectivity index (χ2n) is 7.52. The van der Waals surface area contributed by atoms with Gasteiger partial charge in [0.05, 0.1) is 0 Å². The molecule has 1 aliphatic rings. The predicted octanol–water partition coefficient (Wildman–Crippen LogP) is 2.48. The average molecular weight is 341 g/mol. The van der Waals surface area contributed by atoms with Crippen molar-refractivity contribution in [2.45, 2.75) is 65.4 Å². The zero-order valence-corrected chi connectivity index (χ0v) is 16.0. The molecule has 24 heavy (non-hydrogen) atoms. The summed E-state index contributed by atoms with van der Waals surface area (Å²) in [7, 11) is 1.71. The molecule has 0 aliphatic heterocycles. The Kier molecular flexibility index (Phi) is 8.53. The third kappa shape index (κ3) is 7.99. The summed E-state index contributed by atoms with van der Waals surface area (Å²) in [6.07, 6.45) is 6.05. The van der Waals surface area contributed by atoms with E-state index in [-0.39, 0.29) is 17.9 Å². The number of guanidine groups is 1. The summed E-state index contributed by atoms with van der Waals surface area (Å²) in [5, 5.41) is 6.41. The van der Waals surface area contributed by atoms with Crippen LogP contribution in [0.1, 0.15) is 59.8 Å². The molecule has 0 amide bonds. The van der Waals surface area contributed by atoms with Gasteiger partial charge >= 0.3 is 5.97 Å². The molecule has 0 aromatic rings. The standard InChI is InChI=1S/C18H35N3O3/c1-6-23-12-11-18(9-7-8-10-18)14-21-16(19-5)20-13-15(22)24-17(2,3)4/h6-14H2,1-5H3,(H2,19,20,21). The van der Waals surface area contributed by atoms with Crippen LogP contribution in [0.2, 0.25) is 0 Å². The summed E-state index contributed by atoms with van der Waals surface area (Å²) in [5.74, 6) is 0.362. The first kappa shape index (κ1) is 20.7. The van der Waals surface area contributed by atoms with Gasteiger partial charge in [0.25, 0.3) is 0 Å². The van der Waals surface area contributed by atoms with Gasteiger partial charge in [-0.25, -0.2) is 0 Å². The Balaban J connectivity index is 2.42. The lowest BCUT2D eigenvalue weighted by molar-refractivity contribution is -0.153. The lowest BCUT2D eigenvalue weighted by Crippen LogP contribution is -2.45. The van der Waals surface area contributed by atoms with Gasteiger partial charge in [-0.2, -0.15) is 0 Å². The highest BCUT2D eigenvalue weighted by Gasteiger charge is 2.33. The van der Waals surface area contributed by atoms with E-state index in [0.717, 1.165) is 26.2 Å². The van der Waals surface area contributed by atoms with E-state index in [4.69, 9.17) is 9.47 Å². The molecule has 0 heterocycles. The molecule has 1 rings (SSSR count). The Morgan fingerprint density at radius 3 is 2.42 bits per heavy atom. The SMILES string of the molecule is CCOCCC1(CNC(=NC)NCC(=O)OC(C)(C)C)CCCC1. The van der Waals surface area contributed by atoms with Crippen molar-refractivity contribution in [3.63, 3.8) is 0 Å². The van der Waals surface area contributed by atoms with Crippen LogP contribution in [-0.2, 0) is 14.3 Å². The van der Waals surface area contributed by atoms with Gasteiger partial charge < -0.3 is 20.1 Å². The smallest absolute Gasteiger partial charge is 0.325 e. The van der Waals surface area contributed by atoms with Gasteiger partial charge in [-0.15, -0.1) is 0 Å². The van der Waals surface area contributed by atoms with Crippen LogP contribution >= 0.6 is 0 Å². The van der Waals surface area contributed by atoms with Crippen LogP contribution < -0.4 is 10.6 Å². The number of rotatable bonds is 8. The van der Waals surface area contributed by atoms with Crippen molar-refractivity contribution in [1.82, 2.24) is 10.6 Å². The molecule has 1 fully saturated rings. The molecule has 2 N–H and O–H groups in total. The Hall–Kier alpha value is -1.30. The maximum Gasteiger partial charge on any atom is 0.325 e. The number of aliphatic imine (C=N–C) groups is 1. The van der Waals surface area contributed by atoms with E-state index in [0.29, 0.717) is 5.96 Å². The fourth-order valence-electron chi connectivity index (χ4n) is 3.10. The van der Waals surface area contributed by atoms with Crippen molar-refractivity contribution in [2.24, 2.45) is 10.4 Å². The van der Waals surface area contributed by atoms with E-state index in [1.54, 1.807) is 7.05 Å². The number of carbonyl (C=O) groups is 1. The first-order valence-corrected chi connectivity index (χ1v) is 9.04. The van der Waals surface area contributed by atoms with Gasteiger partial charge in [-0.3, -0.25) is 9.79 Å². The Morgan fingerprint density at radius 2 is 1.88 bits per heavy atom. The number of nitrogens with one attached hydrogen (secondary N) is 2. The van der Waals surface area contributed by atoms with Gasteiger partial charge in [-0.05, 0) is 52.4 Å². The quantitative estimate of drug-likeness (QED) is 0.307. The molecule has 0 saturated heterocycles. The third-order valence-corrected chi connectivity index (χ3v) is 4.32. The Bertz CT molecular complexity index is 410. The van der Waals surface area contributed by atoms with Crippen molar-refractivity contribution in [3.8, 4) is 0 Å². The number of carbonyl (C=O) groups excluding carboxylic acids is 1. The molecule has 0 aromatic heterocycles. The summed E-state index contributed by atoms with van der Waals surface area (Å²) in [4.78, 5) is 16.0. The minimum atomic E-state index is -0.469. The number of ether oxygens (including phenoxy) is 2. The number of esters is 1. The molecule has 0 aromatic carbocycles. The van der Waals surface area contributed by atoms with Crippen LogP contribution in [-0.4, -0.2) is 50.9 Å². The lowest BCUT2D eigenvalue weighted by atomic mass is 9.83. The maximum atomic E-state index is 11.8. The highest BCUT2D eigenvalue weighted by atomic mass is 16.6. The summed E-state index contributed by atoms with van der Waals surface area (Å²) in [6, 6.07) is 0. The third-order valence-electron chi connectivity index (χ3n) is 4.32. The highest BCUT2D eigenvalue weighted by Crippen LogP contribution is 2.40. The minimum Gasteiger partial charge on any atom is -0.459 e. The van der Waals surface area contributed by atoms with Gasteiger partial charge in [-0.1, -0.05) is 12.8 Å². The average Bonchev–Trinajstić information content (AvgIpc) is 2.95. The predicted molar refractivity (Wildman–Crippen MR) is 97.2 cm³/mol. The van der Waals surface area contributed by atoms with Crippen molar-refractivity contribution >= 4 is 11.9 Å². The molecular formula is C18H35N3O3. The normalized spacial score (nSPS) is 17.6. The zero-order valence-electron chi connectivity index (χ0n) is 16.0. The molecule has 6 nitrogen and oxygen atoms in total. The minimum absolute atomic E-state index is 0.114. The van der Waals surface area contributed by atoms with Crippen molar-refractivity contribution in [3.05, 3.63) is 0 Å². The van der Waals surface area contributed by atoms with Crippen LogP contribution in [0.4, 0.5) is 0 Å². The molecule has 0 atom stereocenters. The first-order chi connectivity index (χ1) is 11.3. The molecule has 1 aliphatic carbocycles. The molecular weight excluding hydrogens is 306 g/mol. The van der Waals surface area contributed by atoms with Crippen molar-refractivity contribution < 1.29 is 14.3 Å². The van der Waals surface area contributed by atoms with Gasteiger partial charge in [0.2, 0.25) is 0 Å². The van der Waals surface area contributed by atoms with Crippen LogP contribution in [0.3, 0.4) is 0 Å². The van der Waals surface area contributed by atoms with Gasteiger partial charge in [0.15, 0.2) is 5.96 Å². The van der Waals surface area contributed by atoms with Crippen LogP contribution in [0.15, 0.2) is 4.99 Å². The van der Waals surface area contributed by atoms with Crippen LogP contribution in [0.25, 0.3) is 0 Å². The monoisotopic (exact) mass is 341 g/mol. The van der Waals surface area contributed by atoms with E-state index >= 15 is 0 Å². The molecule has 140 valence electrons. The summed E-state index contributed by atoms with van der Waals surface area (Å²) >= 11 is 0. The highest BCUT2D eigenvalue weighted by molar-refractivity contribution is 5.84. The maximum absolute atomic E-state index is 11.8. The topological polar surface area (TPSA) is 72.0 Å². The summed E-state index contributed by atoms with van der Waals surface area (Å²) < 4.78 is 10.8. The Labute approximate surface area is 146 Å². The molecule has 0 bridgehead atoms.